The summed E-state index contributed by atoms with van der Waals surface area (Å²) in [6.07, 6.45) is 2.19. The Morgan fingerprint density at radius 2 is 1.88 bits per heavy atom. The number of nitrogens with zero attached hydrogens (tertiary/aromatic N) is 9. The van der Waals surface area contributed by atoms with E-state index in [0.29, 0.717) is 29.1 Å². The summed E-state index contributed by atoms with van der Waals surface area (Å²) in [4.78, 5) is 25.6. The molecule has 5 heterocycles. The maximum Gasteiger partial charge on any atom is 0.420 e. The molecule has 2 N–H and O–H groups in total. The summed E-state index contributed by atoms with van der Waals surface area (Å²) >= 11 is 0. The van der Waals surface area contributed by atoms with Crippen LogP contribution in [-0.2, 0) is 16.4 Å². The number of amides is 1. The molecule has 1 aliphatic rings. The van der Waals surface area contributed by atoms with Crippen LogP contribution >= 0.6 is 0 Å². The summed E-state index contributed by atoms with van der Waals surface area (Å²) in [6, 6.07) is 3.19. The lowest BCUT2D eigenvalue weighted by molar-refractivity contribution is -0.137. The topological polar surface area (TPSA) is 144 Å². The van der Waals surface area contributed by atoms with E-state index in [1.807, 2.05) is 13.8 Å². The normalized spacial score (nSPS) is 16.0. The second-order valence-electron chi connectivity index (χ2n) is 9.80. The molecule has 12 nitrogen and oxygen atoms in total. The molecule has 5 aromatic rings. The third kappa shape index (κ3) is 5.57. The molecular formula is C25H22F5N11O. The van der Waals surface area contributed by atoms with Gasteiger partial charge in [-0.05, 0) is 19.4 Å². The number of carbonyl (C=O) groups excluding carboxylic acids is 1. The number of nitrogens with one attached hydrogen (secondary N) is 2. The van der Waals surface area contributed by atoms with Crippen molar-refractivity contribution in [1.82, 2.24) is 44.8 Å². The number of fused-ring (bicyclic) bond motifs is 3. The first kappa shape index (κ1) is 28.4. The molecule has 1 atom stereocenters. The number of pyridine rings is 1. The SMILES string of the molecule is CC1(C)CC(C(=O)Nc2cnc(-n3nccn3)c(C(F)(F)F)c2)c2cnc3cc(F)nn3c21.CC=Nc1cc(F)[nH]n1. The van der Waals surface area contributed by atoms with Crippen molar-refractivity contribution in [3.05, 3.63) is 71.7 Å². The van der Waals surface area contributed by atoms with Crippen LogP contribution in [0.15, 0.2) is 48.0 Å². The van der Waals surface area contributed by atoms with Gasteiger partial charge in [0.25, 0.3) is 0 Å². The van der Waals surface area contributed by atoms with Crippen LogP contribution in [0.4, 0.5) is 33.5 Å². The Kier molecular flexibility index (Phi) is 7.26. The monoisotopic (exact) mass is 587 g/mol. The number of aromatic nitrogens is 9. The summed E-state index contributed by atoms with van der Waals surface area (Å²) in [5.74, 6) is -2.55. The van der Waals surface area contributed by atoms with Crippen molar-refractivity contribution >= 4 is 29.3 Å². The minimum absolute atomic E-state index is 0.131. The van der Waals surface area contributed by atoms with Crippen LogP contribution in [0.2, 0.25) is 0 Å². The Morgan fingerprint density at radius 3 is 2.52 bits per heavy atom. The molecule has 17 heteroatoms. The van der Waals surface area contributed by atoms with Crippen molar-refractivity contribution in [3.63, 3.8) is 0 Å². The summed E-state index contributed by atoms with van der Waals surface area (Å²) in [7, 11) is 0. The Hall–Kier alpha value is -5.09. The second-order valence-corrected chi connectivity index (χ2v) is 9.80. The molecule has 1 amide bonds. The van der Waals surface area contributed by atoms with Gasteiger partial charge in [0.15, 0.2) is 17.3 Å². The van der Waals surface area contributed by atoms with Crippen LogP contribution in [-0.4, -0.2) is 56.9 Å². The molecule has 218 valence electrons. The molecule has 0 radical (unpaired) electrons. The first-order chi connectivity index (χ1) is 19.9. The van der Waals surface area contributed by atoms with Crippen LogP contribution in [0.3, 0.4) is 0 Å². The largest absolute Gasteiger partial charge is 0.420 e. The summed E-state index contributed by atoms with van der Waals surface area (Å²) in [5, 5.41) is 19.4. The average molecular weight is 588 g/mol. The zero-order valence-electron chi connectivity index (χ0n) is 22.2. The minimum Gasteiger partial charge on any atom is -0.324 e. The molecule has 42 heavy (non-hydrogen) atoms. The highest BCUT2D eigenvalue weighted by molar-refractivity contribution is 5.96. The van der Waals surface area contributed by atoms with Crippen LogP contribution in [0.5, 0.6) is 0 Å². The summed E-state index contributed by atoms with van der Waals surface area (Å²) < 4.78 is 68.0. The lowest BCUT2D eigenvalue weighted by atomic mass is 9.88. The molecule has 0 fully saturated rings. The van der Waals surface area contributed by atoms with E-state index in [-0.39, 0.29) is 5.69 Å². The number of halogens is 5. The van der Waals surface area contributed by atoms with Gasteiger partial charge in [0, 0.05) is 35.5 Å². The van der Waals surface area contributed by atoms with Gasteiger partial charge in [0.05, 0.1) is 35.9 Å². The lowest BCUT2D eigenvalue weighted by Gasteiger charge is -2.19. The van der Waals surface area contributed by atoms with Gasteiger partial charge in [-0.1, -0.05) is 13.8 Å². The smallest absolute Gasteiger partial charge is 0.324 e. The third-order valence-corrected chi connectivity index (χ3v) is 6.37. The van der Waals surface area contributed by atoms with Crippen LogP contribution in [0.25, 0.3) is 11.5 Å². The van der Waals surface area contributed by atoms with E-state index < -0.39 is 46.7 Å². The van der Waals surface area contributed by atoms with E-state index in [1.54, 1.807) is 13.1 Å². The van der Waals surface area contributed by atoms with Crippen molar-refractivity contribution < 1.29 is 26.7 Å². The van der Waals surface area contributed by atoms with Gasteiger partial charge in [-0.15, -0.1) is 9.90 Å². The Balaban J connectivity index is 0.000000336. The fraction of sp³-hybridized carbons (Fsp3) is 0.280. The molecule has 5 aromatic heterocycles. The summed E-state index contributed by atoms with van der Waals surface area (Å²) in [6.45, 7) is 5.51. The number of aliphatic imine (C=N–C) groups is 1. The van der Waals surface area contributed by atoms with Crippen molar-refractivity contribution in [1.29, 1.82) is 0 Å². The zero-order chi connectivity index (χ0) is 30.2. The standard InChI is InChI=1S/C20H16F4N8O.C5H6FN3/c1-19(2)7-11(12-9-25-15-6-14(21)30-31(15)16(12)19)18(33)29-10-5-13(20(22,23)24)17(26-8-10)32-27-3-4-28-32;1-2-7-5-3-4(6)8-9-5/h3-6,8-9,11H,7H2,1-2H3,(H,29,33);2-3H,1H3,(H,8,9). The zero-order valence-corrected chi connectivity index (χ0v) is 22.2. The van der Waals surface area contributed by atoms with Crippen LogP contribution < -0.4 is 5.32 Å². The summed E-state index contributed by atoms with van der Waals surface area (Å²) in [5.41, 5.74) is -0.308. The van der Waals surface area contributed by atoms with Gasteiger partial charge < -0.3 is 5.32 Å². The van der Waals surface area contributed by atoms with Crippen molar-refractivity contribution in [2.24, 2.45) is 4.99 Å². The van der Waals surface area contributed by atoms with Crippen molar-refractivity contribution in [3.8, 4) is 5.82 Å². The van der Waals surface area contributed by atoms with Crippen molar-refractivity contribution in [2.45, 2.75) is 44.7 Å². The molecule has 6 rings (SSSR count). The van der Waals surface area contributed by atoms with E-state index in [9.17, 15) is 26.7 Å². The van der Waals surface area contributed by atoms with Gasteiger partial charge in [0.1, 0.15) is 5.56 Å². The number of rotatable bonds is 4. The van der Waals surface area contributed by atoms with Gasteiger partial charge >= 0.3 is 6.18 Å². The fourth-order valence-corrected chi connectivity index (χ4v) is 4.74. The number of anilines is 1. The third-order valence-electron chi connectivity index (χ3n) is 6.37. The number of H-pyrrole nitrogens is 1. The van der Waals surface area contributed by atoms with E-state index >= 15 is 0 Å². The molecule has 1 aliphatic carbocycles. The predicted octanol–water partition coefficient (Wildman–Crippen LogP) is 4.54. The van der Waals surface area contributed by atoms with E-state index in [0.717, 1.165) is 17.1 Å². The molecule has 0 bridgehead atoms. The highest BCUT2D eigenvalue weighted by Gasteiger charge is 2.43. The molecular weight excluding hydrogens is 565 g/mol. The first-order valence-electron chi connectivity index (χ1n) is 12.4. The van der Waals surface area contributed by atoms with E-state index in [4.69, 9.17) is 0 Å². The molecule has 0 spiro atoms. The van der Waals surface area contributed by atoms with Crippen molar-refractivity contribution in [2.75, 3.05) is 5.32 Å². The predicted molar refractivity (Wildman–Crippen MR) is 138 cm³/mol. The lowest BCUT2D eigenvalue weighted by Crippen LogP contribution is -2.22. The fourth-order valence-electron chi connectivity index (χ4n) is 4.74. The van der Waals surface area contributed by atoms with E-state index in [1.165, 1.54) is 35.2 Å². The van der Waals surface area contributed by atoms with Gasteiger partial charge in [-0.2, -0.15) is 37.2 Å². The number of carbonyl (C=O) groups is 1. The number of aromatic amines is 1. The maximum atomic E-state index is 13.7. The van der Waals surface area contributed by atoms with Gasteiger partial charge in [-0.25, -0.2) is 19.5 Å². The second kappa shape index (κ2) is 10.7. The minimum atomic E-state index is -4.75. The highest BCUT2D eigenvalue weighted by Crippen LogP contribution is 2.46. The van der Waals surface area contributed by atoms with Crippen LogP contribution in [0.1, 0.15) is 49.9 Å². The van der Waals surface area contributed by atoms with Gasteiger partial charge in [0.2, 0.25) is 17.8 Å². The van der Waals surface area contributed by atoms with Gasteiger partial charge in [-0.3, -0.25) is 9.89 Å². The number of hydrogen-bond acceptors (Lipinski definition) is 8. The first-order valence-corrected chi connectivity index (χ1v) is 12.4. The van der Waals surface area contributed by atoms with E-state index in [2.05, 4.69) is 45.8 Å². The molecule has 1 unspecified atom stereocenters. The number of alkyl halides is 3. The molecule has 0 aliphatic heterocycles. The highest BCUT2D eigenvalue weighted by atomic mass is 19.4. The Labute approximate surface area is 233 Å². The maximum absolute atomic E-state index is 13.7. The Morgan fingerprint density at radius 1 is 1.14 bits per heavy atom. The molecule has 0 saturated carbocycles. The molecule has 0 aromatic carbocycles. The van der Waals surface area contributed by atoms with Crippen LogP contribution in [0, 0.1) is 11.9 Å². The number of hydrogen-bond donors (Lipinski definition) is 2. The average Bonchev–Trinajstić information content (AvgIpc) is 3.71. The molecule has 0 saturated heterocycles. The Bertz CT molecular complexity index is 1770. The quantitative estimate of drug-likeness (QED) is 0.232.